The van der Waals surface area contributed by atoms with Gasteiger partial charge in [0.15, 0.2) is 0 Å². The van der Waals surface area contributed by atoms with Crippen LogP contribution >= 0.6 is 15.9 Å². The molecule has 14 heavy (non-hydrogen) atoms. The second-order valence-corrected chi connectivity index (χ2v) is 4.68. The van der Waals surface area contributed by atoms with E-state index < -0.39 is 0 Å². The van der Waals surface area contributed by atoms with Gasteiger partial charge in [-0.1, -0.05) is 19.9 Å². The standard InChI is InChI=1S/C10H13BrFNO/c1-10(2,6-14-13)7-3-4-8(11)9(12)5-7/h3-5H,6,13H2,1-2H3. The maximum atomic E-state index is 13.2. The van der Waals surface area contributed by atoms with Gasteiger partial charge >= 0.3 is 0 Å². The summed E-state index contributed by atoms with van der Waals surface area (Å²) in [5.74, 6) is 4.75. The molecule has 2 nitrogen and oxygen atoms in total. The molecule has 0 saturated carbocycles. The Bertz CT molecular complexity index is 328. The molecular weight excluding hydrogens is 249 g/mol. The minimum atomic E-state index is -0.281. The number of benzene rings is 1. The number of hydrogen-bond acceptors (Lipinski definition) is 2. The van der Waals surface area contributed by atoms with Gasteiger partial charge in [0.05, 0.1) is 11.1 Å². The molecule has 0 aliphatic carbocycles. The highest BCUT2D eigenvalue weighted by Crippen LogP contribution is 2.26. The van der Waals surface area contributed by atoms with Gasteiger partial charge in [-0.25, -0.2) is 10.3 Å². The van der Waals surface area contributed by atoms with Crippen molar-refractivity contribution < 1.29 is 9.23 Å². The fraction of sp³-hybridized carbons (Fsp3) is 0.400. The molecule has 2 N–H and O–H groups in total. The molecule has 1 aromatic rings. The molecule has 0 aliphatic heterocycles. The van der Waals surface area contributed by atoms with Gasteiger partial charge in [0.1, 0.15) is 5.82 Å². The van der Waals surface area contributed by atoms with Crippen LogP contribution in [0.4, 0.5) is 4.39 Å². The van der Waals surface area contributed by atoms with Gasteiger partial charge in [-0.2, -0.15) is 0 Å². The summed E-state index contributed by atoms with van der Waals surface area (Å²) in [6, 6.07) is 5.03. The van der Waals surface area contributed by atoms with Crippen LogP contribution in [0.5, 0.6) is 0 Å². The van der Waals surface area contributed by atoms with Crippen LogP contribution in [0.25, 0.3) is 0 Å². The molecule has 0 amide bonds. The van der Waals surface area contributed by atoms with E-state index in [1.54, 1.807) is 6.07 Å². The SMILES string of the molecule is CC(C)(CON)c1ccc(Br)c(F)c1. The molecule has 0 aromatic heterocycles. The van der Waals surface area contributed by atoms with Crippen LogP contribution in [0.2, 0.25) is 0 Å². The third-order valence-electron chi connectivity index (χ3n) is 2.15. The zero-order valence-electron chi connectivity index (χ0n) is 8.18. The first-order valence-electron chi connectivity index (χ1n) is 4.24. The van der Waals surface area contributed by atoms with Crippen molar-refractivity contribution in [3.63, 3.8) is 0 Å². The van der Waals surface area contributed by atoms with E-state index in [-0.39, 0.29) is 11.2 Å². The zero-order valence-corrected chi connectivity index (χ0v) is 9.77. The third kappa shape index (κ3) is 2.53. The molecule has 0 unspecified atom stereocenters. The summed E-state index contributed by atoms with van der Waals surface area (Å²) < 4.78 is 13.7. The van der Waals surface area contributed by atoms with E-state index in [1.807, 2.05) is 19.9 Å². The van der Waals surface area contributed by atoms with Crippen molar-refractivity contribution in [3.8, 4) is 0 Å². The lowest BCUT2D eigenvalue weighted by Gasteiger charge is -2.23. The Kier molecular flexibility index (Phi) is 3.64. The van der Waals surface area contributed by atoms with Crippen molar-refractivity contribution in [3.05, 3.63) is 34.1 Å². The van der Waals surface area contributed by atoms with E-state index in [1.165, 1.54) is 6.07 Å². The van der Waals surface area contributed by atoms with Crippen molar-refractivity contribution in [2.45, 2.75) is 19.3 Å². The minimum Gasteiger partial charge on any atom is -0.304 e. The Balaban J connectivity index is 3.01. The smallest absolute Gasteiger partial charge is 0.137 e. The Labute approximate surface area is 91.3 Å². The molecule has 0 aliphatic rings. The van der Waals surface area contributed by atoms with E-state index >= 15 is 0 Å². The summed E-state index contributed by atoms with van der Waals surface area (Å²) >= 11 is 3.10. The molecule has 0 radical (unpaired) electrons. The molecular formula is C10H13BrFNO. The number of nitrogens with two attached hydrogens (primary N) is 1. The second kappa shape index (κ2) is 4.38. The highest BCUT2D eigenvalue weighted by molar-refractivity contribution is 9.10. The van der Waals surface area contributed by atoms with Crippen LogP contribution in [0.15, 0.2) is 22.7 Å². The predicted molar refractivity (Wildman–Crippen MR) is 57.3 cm³/mol. The van der Waals surface area contributed by atoms with Crippen molar-refractivity contribution in [1.29, 1.82) is 0 Å². The molecule has 0 bridgehead atoms. The first kappa shape index (κ1) is 11.6. The Morgan fingerprint density at radius 2 is 2.14 bits per heavy atom. The van der Waals surface area contributed by atoms with Crippen molar-refractivity contribution in [1.82, 2.24) is 0 Å². The van der Waals surface area contributed by atoms with E-state index in [0.29, 0.717) is 11.1 Å². The Hall–Kier alpha value is -0.450. The van der Waals surface area contributed by atoms with Gasteiger partial charge in [0, 0.05) is 5.41 Å². The van der Waals surface area contributed by atoms with Crippen LogP contribution in [-0.2, 0) is 10.3 Å². The lowest BCUT2D eigenvalue weighted by molar-refractivity contribution is 0.0963. The monoisotopic (exact) mass is 261 g/mol. The maximum absolute atomic E-state index is 13.2. The normalized spacial score (nSPS) is 11.8. The molecule has 0 saturated heterocycles. The van der Waals surface area contributed by atoms with Gasteiger partial charge in [0.25, 0.3) is 0 Å². The number of rotatable bonds is 3. The van der Waals surface area contributed by atoms with Crippen molar-refractivity contribution in [2.24, 2.45) is 5.90 Å². The molecule has 1 aromatic carbocycles. The average molecular weight is 262 g/mol. The maximum Gasteiger partial charge on any atom is 0.137 e. The molecule has 0 fully saturated rings. The zero-order chi connectivity index (χ0) is 10.8. The van der Waals surface area contributed by atoms with Crippen LogP contribution in [-0.4, -0.2) is 6.61 Å². The summed E-state index contributed by atoms with van der Waals surface area (Å²) in [6.45, 7) is 4.25. The molecule has 4 heteroatoms. The predicted octanol–water partition coefficient (Wildman–Crippen LogP) is 2.76. The first-order chi connectivity index (χ1) is 6.47. The van der Waals surface area contributed by atoms with Crippen molar-refractivity contribution in [2.75, 3.05) is 6.61 Å². The van der Waals surface area contributed by atoms with Crippen LogP contribution in [0.1, 0.15) is 19.4 Å². The minimum absolute atomic E-state index is 0.271. The molecule has 0 spiro atoms. The van der Waals surface area contributed by atoms with E-state index in [4.69, 9.17) is 5.90 Å². The molecule has 78 valence electrons. The topological polar surface area (TPSA) is 35.2 Å². The average Bonchev–Trinajstić information content (AvgIpc) is 2.09. The fourth-order valence-electron chi connectivity index (χ4n) is 1.21. The molecule has 0 atom stereocenters. The number of halogens is 2. The summed E-state index contributed by atoms with van der Waals surface area (Å²) in [5.41, 5.74) is 0.583. The van der Waals surface area contributed by atoms with Gasteiger partial charge in [-0.05, 0) is 33.6 Å². The number of hydrogen-bond donors (Lipinski definition) is 1. The summed E-state index contributed by atoms with van der Waals surface area (Å²) in [6.07, 6.45) is 0. The fourth-order valence-corrected chi connectivity index (χ4v) is 1.46. The lowest BCUT2D eigenvalue weighted by atomic mass is 9.86. The van der Waals surface area contributed by atoms with Gasteiger partial charge in [-0.15, -0.1) is 0 Å². The summed E-state index contributed by atoms with van der Waals surface area (Å²) in [4.78, 5) is 4.60. The Morgan fingerprint density at radius 3 is 2.64 bits per heavy atom. The second-order valence-electron chi connectivity index (χ2n) is 3.82. The van der Waals surface area contributed by atoms with Gasteiger partial charge in [0.2, 0.25) is 0 Å². The van der Waals surface area contributed by atoms with E-state index in [2.05, 4.69) is 20.8 Å². The highest BCUT2D eigenvalue weighted by atomic mass is 79.9. The molecule has 1 rings (SSSR count). The first-order valence-corrected chi connectivity index (χ1v) is 5.04. The molecule has 0 heterocycles. The van der Waals surface area contributed by atoms with Gasteiger partial charge in [-0.3, -0.25) is 0 Å². The van der Waals surface area contributed by atoms with Gasteiger partial charge < -0.3 is 4.84 Å². The van der Waals surface area contributed by atoms with Crippen molar-refractivity contribution >= 4 is 15.9 Å². The highest BCUT2D eigenvalue weighted by Gasteiger charge is 2.21. The summed E-state index contributed by atoms with van der Waals surface area (Å²) in [5, 5.41) is 0. The summed E-state index contributed by atoms with van der Waals surface area (Å²) in [7, 11) is 0. The van der Waals surface area contributed by atoms with E-state index in [0.717, 1.165) is 5.56 Å². The lowest BCUT2D eigenvalue weighted by Crippen LogP contribution is -2.26. The largest absolute Gasteiger partial charge is 0.304 e. The van der Waals surface area contributed by atoms with Crippen LogP contribution in [0.3, 0.4) is 0 Å². The van der Waals surface area contributed by atoms with E-state index in [9.17, 15) is 4.39 Å². The third-order valence-corrected chi connectivity index (χ3v) is 2.79. The Morgan fingerprint density at radius 1 is 1.50 bits per heavy atom. The quantitative estimate of drug-likeness (QED) is 0.850. The van der Waals surface area contributed by atoms with Crippen LogP contribution in [0, 0.1) is 5.82 Å². The van der Waals surface area contributed by atoms with Crippen LogP contribution < -0.4 is 5.90 Å².